The van der Waals surface area contributed by atoms with Crippen LogP contribution in [0.2, 0.25) is 0 Å². The second-order valence-corrected chi connectivity index (χ2v) is 4.87. The van der Waals surface area contributed by atoms with Crippen molar-refractivity contribution in [2.75, 3.05) is 31.1 Å². The van der Waals surface area contributed by atoms with Crippen molar-refractivity contribution in [3.63, 3.8) is 0 Å². The van der Waals surface area contributed by atoms with Crippen LogP contribution in [0, 0.1) is 6.92 Å². The lowest BCUT2D eigenvalue weighted by Gasteiger charge is -2.27. The molecule has 0 bridgehead atoms. The molecular weight excluding hydrogens is 252 g/mol. The Labute approximate surface area is 118 Å². The molecule has 5 nitrogen and oxygen atoms in total. The monoisotopic (exact) mass is 270 g/mol. The van der Waals surface area contributed by atoms with E-state index in [0.717, 1.165) is 37.9 Å². The number of hydrogen-bond acceptors (Lipinski definition) is 5. The summed E-state index contributed by atoms with van der Waals surface area (Å²) in [6.07, 6.45) is 3.45. The summed E-state index contributed by atoms with van der Waals surface area (Å²) >= 11 is 0. The molecule has 3 rings (SSSR count). The maximum Gasteiger partial charge on any atom is 0.225 e. The molecule has 0 saturated carbocycles. The first-order valence-electron chi connectivity index (χ1n) is 6.83. The molecule has 1 N–H and O–H groups in total. The van der Waals surface area contributed by atoms with Gasteiger partial charge in [-0.2, -0.15) is 0 Å². The molecule has 0 unspecified atom stereocenters. The maximum absolute atomic E-state index is 5.72. The first-order valence-corrected chi connectivity index (χ1v) is 6.83. The van der Waals surface area contributed by atoms with Crippen LogP contribution in [0.4, 0.5) is 5.95 Å². The van der Waals surface area contributed by atoms with E-state index < -0.39 is 0 Å². The van der Waals surface area contributed by atoms with Gasteiger partial charge in [-0.15, -0.1) is 0 Å². The summed E-state index contributed by atoms with van der Waals surface area (Å²) in [6, 6.07) is 7.93. The molecule has 0 amide bonds. The normalized spacial score (nSPS) is 15.2. The number of aromatic nitrogens is 2. The lowest BCUT2D eigenvalue weighted by atomic mass is 10.2. The number of hydrogen-bond donors (Lipinski definition) is 1. The molecule has 5 heteroatoms. The third-order valence-electron chi connectivity index (χ3n) is 3.27. The molecule has 104 valence electrons. The Morgan fingerprint density at radius 2 is 1.65 bits per heavy atom. The van der Waals surface area contributed by atoms with Gasteiger partial charge in [-0.3, -0.25) is 0 Å². The third-order valence-corrected chi connectivity index (χ3v) is 3.27. The van der Waals surface area contributed by atoms with Gasteiger partial charge in [-0.1, -0.05) is 17.7 Å². The van der Waals surface area contributed by atoms with E-state index in [0.29, 0.717) is 5.75 Å². The van der Waals surface area contributed by atoms with Gasteiger partial charge < -0.3 is 15.0 Å². The summed E-state index contributed by atoms with van der Waals surface area (Å²) in [4.78, 5) is 10.9. The molecule has 1 aromatic carbocycles. The van der Waals surface area contributed by atoms with Crippen molar-refractivity contribution < 1.29 is 4.74 Å². The molecule has 2 aromatic rings. The summed E-state index contributed by atoms with van der Waals surface area (Å²) in [5.41, 5.74) is 1.21. The van der Waals surface area contributed by atoms with E-state index >= 15 is 0 Å². The van der Waals surface area contributed by atoms with Crippen LogP contribution in [0.1, 0.15) is 5.56 Å². The van der Waals surface area contributed by atoms with Crippen LogP contribution in [0.25, 0.3) is 0 Å². The molecule has 0 radical (unpaired) electrons. The van der Waals surface area contributed by atoms with E-state index in [2.05, 4.69) is 27.1 Å². The highest BCUT2D eigenvalue weighted by molar-refractivity contribution is 5.35. The molecule has 1 saturated heterocycles. The minimum absolute atomic E-state index is 0.660. The van der Waals surface area contributed by atoms with Crippen LogP contribution in [0.15, 0.2) is 36.7 Å². The topological polar surface area (TPSA) is 50.3 Å². The Morgan fingerprint density at radius 3 is 2.30 bits per heavy atom. The second kappa shape index (κ2) is 5.88. The zero-order valence-corrected chi connectivity index (χ0v) is 11.5. The van der Waals surface area contributed by atoms with E-state index in [1.807, 2.05) is 24.3 Å². The van der Waals surface area contributed by atoms with Gasteiger partial charge in [0.05, 0.1) is 12.4 Å². The van der Waals surface area contributed by atoms with Crippen LogP contribution in [0.5, 0.6) is 11.5 Å². The summed E-state index contributed by atoms with van der Waals surface area (Å²) in [5, 5.41) is 3.31. The molecule has 0 spiro atoms. The fraction of sp³-hybridized carbons (Fsp3) is 0.333. The SMILES string of the molecule is Cc1ccc(Oc2cnc(N3CCNCC3)nc2)cc1. The van der Waals surface area contributed by atoms with Gasteiger partial charge >= 0.3 is 0 Å². The molecule has 1 fully saturated rings. The van der Waals surface area contributed by atoms with E-state index in [9.17, 15) is 0 Å². The highest BCUT2D eigenvalue weighted by atomic mass is 16.5. The highest BCUT2D eigenvalue weighted by Crippen LogP contribution is 2.21. The second-order valence-electron chi connectivity index (χ2n) is 4.87. The van der Waals surface area contributed by atoms with E-state index in [1.165, 1.54) is 5.56 Å². The average molecular weight is 270 g/mol. The largest absolute Gasteiger partial charge is 0.454 e. The average Bonchev–Trinajstić information content (AvgIpc) is 2.51. The van der Waals surface area contributed by atoms with Gasteiger partial charge in [-0.05, 0) is 19.1 Å². The Balaban J connectivity index is 1.67. The molecule has 1 aliphatic heterocycles. The number of benzene rings is 1. The molecule has 2 heterocycles. The van der Waals surface area contributed by atoms with Gasteiger partial charge in [0.25, 0.3) is 0 Å². The van der Waals surface area contributed by atoms with Gasteiger partial charge in [0.1, 0.15) is 5.75 Å². The van der Waals surface area contributed by atoms with Crippen LogP contribution < -0.4 is 15.0 Å². The lowest BCUT2D eigenvalue weighted by Crippen LogP contribution is -2.44. The van der Waals surface area contributed by atoms with Crippen molar-refractivity contribution >= 4 is 5.95 Å². The smallest absolute Gasteiger partial charge is 0.225 e. The zero-order valence-electron chi connectivity index (χ0n) is 11.5. The Bertz CT molecular complexity index is 547. The molecule has 0 atom stereocenters. The number of anilines is 1. The predicted molar refractivity (Wildman–Crippen MR) is 78.4 cm³/mol. The number of aryl methyl sites for hydroxylation is 1. The molecule has 20 heavy (non-hydrogen) atoms. The van der Waals surface area contributed by atoms with Crippen molar-refractivity contribution in [3.8, 4) is 11.5 Å². The van der Waals surface area contributed by atoms with Crippen LogP contribution in [-0.4, -0.2) is 36.1 Å². The van der Waals surface area contributed by atoms with Crippen molar-refractivity contribution in [2.45, 2.75) is 6.92 Å². The van der Waals surface area contributed by atoms with Gasteiger partial charge in [0.15, 0.2) is 5.75 Å². The maximum atomic E-state index is 5.72. The van der Waals surface area contributed by atoms with Crippen molar-refractivity contribution in [3.05, 3.63) is 42.2 Å². The number of nitrogens with zero attached hydrogens (tertiary/aromatic N) is 3. The quantitative estimate of drug-likeness (QED) is 0.924. The summed E-state index contributed by atoms with van der Waals surface area (Å²) in [7, 11) is 0. The van der Waals surface area contributed by atoms with E-state index in [1.54, 1.807) is 12.4 Å². The van der Waals surface area contributed by atoms with Gasteiger partial charge in [-0.25, -0.2) is 9.97 Å². The Hall–Kier alpha value is -2.14. The molecule has 1 aliphatic rings. The summed E-state index contributed by atoms with van der Waals surface area (Å²) in [5.74, 6) is 2.23. The van der Waals surface area contributed by atoms with E-state index in [-0.39, 0.29) is 0 Å². The molecular formula is C15H18N4O. The summed E-state index contributed by atoms with van der Waals surface area (Å²) in [6.45, 7) is 5.89. The van der Waals surface area contributed by atoms with Crippen molar-refractivity contribution in [1.82, 2.24) is 15.3 Å². The lowest BCUT2D eigenvalue weighted by molar-refractivity contribution is 0.476. The third kappa shape index (κ3) is 3.05. The zero-order chi connectivity index (χ0) is 13.8. The Kier molecular flexibility index (Phi) is 3.78. The fourth-order valence-corrected chi connectivity index (χ4v) is 2.13. The predicted octanol–water partition coefficient (Wildman–Crippen LogP) is 1.99. The highest BCUT2D eigenvalue weighted by Gasteiger charge is 2.12. The Morgan fingerprint density at radius 1 is 1.00 bits per heavy atom. The van der Waals surface area contributed by atoms with Crippen LogP contribution in [-0.2, 0) is 0 Å². The molecule has 1 aromatic heterocycles. The van der Waals surface area contributed by atoms with Crippen molar-refractivity contribution in [2.24, 2.45) is 0 Å². The molecule has 0 aliphatic carbocycles. The number of piperazine rings is 1. The van der Waals surface area contributed by atoms with Crippen LogP contribution >= 0.6 is 0 Å². The summed E-state index contributed by atoms with van der Waals surface area (Å²) < 4.78 is 5.72. The number of ether oxygens (including phenoxy) is 1. The van der Waals surface area contributed by atoms with Gasteiger partial charge in [0.2, 0.25) is 5.95 Å². The van der Waals surface area contributed by atoms with Gasteiger partial charge in [0, 0.05) is 26.2 Å². The fourth-order valence-electron chi connectivity index (χ4n) is 2.13. The number of nitrogens with one attached hydrogen (secondary N) is 1. The first kappa shape index (κ1) is 12.9. The first-order chi connectivity index (χ1) is 9.81. The minimum atomic E-state index is 0.660. The van der Waals surface area contributed by atoms with Crippen LogP contribution in [0.3, 0.4) is 0 Å². The minimum Gasteiger partial charge on any atom is -0.454 e. The number of rotatable bonds is 3. The van der Waals surface area contributed by atoms with E-state index in [4.69, 9.17) is 4.74 Å². The standard InChI is InChI=1S/C15H18N4O/c1-12-2-4-13(5-3-12)20-14-10-17-15(18-11-14)19-8-6-16-7-9-19/h2-5,10-11,16H,6-9H2,1H3. The van der Waals surface area contributed by atoms with Crippen molar-refractivity contribution in [1.29, 1.82) is 0 Å².